The van der Waals surface area contributed by atoms with Gasteiger partial charge in [0.05, 0.1) is 0 Å². The Labute approximate surface area is 94.4 Å². The zero-order valence-electron chi connectivity index (χ0n) is 7.14. The monoisotopic (exact) mass is 272 g/mol. The Morgan fingerprint density at radius 3 is 2.71 bits per heavy atom. The van der Waals surface area contributed by atoms with Crippen molar-refractivity contribution in [1.29, 1.82) is 0 Å². The number of rotatable bonds is 1. The highest BCUT2D eigenvalue weighted by atomic mass is 79.9. The first-order chi connectivity index (χ1) is 6.61. The van der Waals surface area contributed by atoms with E-state index in [0.29, 0.717) is 24.0 Å². The maximum Gasteiger partial charge on any atom is 0.252 e. The molecule has 0 N–H and O–H groups in total. The van der Waals surface area contributed by atoms with Gasteiger partial charge in [-0.1, -0.05) is 15.9 Å². The van der Waals surface area contributed by atoms with E-state index >= 15 is 0 Å². The Bertz CT molecular complexity index is 440. The molecule has 1 aliphatic rings. The van der Waals surface area contributed by atoms with Gasteiger partial charge in [0, 0.05) is 22.0 Å². The quantitative estimate of drug-likeness (QED) is 0.737. The molecule has 0 radical (unpaired) electrons. The maximum atomic E-state index is 11.5. The van der Waals surface area contributed by atoms with E-state index < -0.39 is 5.24 Å². The number of Topliss-reactive ketones (excluding diaryl/α,β-unsaturated/α-hetero) is 1. The van der Waals surface area contributed by atoms with Crippen molar-refractivity contribution in [2.75, 3.05) is 0 Å². The topological polar surface area (TPSA) is 34.1 Å². The number of ketones is 1. The maximum absolute atomic E-state index is 11.5. The van der Waals surface area contributed by atoms with Crippen molar-refractivity contribution in [3.05, 3.63) is 33.3 Å². The molecule has 0 aromatic heterocycles. The molecule has 0 unspecified atom stereocenters. The second kappa shape index (κ2) is 3.48. The van der Waals surface area contributed by atoms with Crippen LogP contribution in [0.2, 0.25) is 0 Å². The Balaban J connectivity index is 2.70. The van der Waals surface area contributed by atoms with Crippen LogP contribution >= 0.6 is 27.5 Å². The molecule has 0 atom stereocenters. The third-order valence-electron chi connectivity index (χ3n) is 2.35. The Kier molecular flexibility index (Phi) is 2.45. The molecule has 0 aliphatic heterocycles. The summed E-state index contributed by atoms with van der Waals surface area (Å²) in [6.07, 6.45) is 1.08. The third-order valence-corrected chi connectivity index (χ3v) is 3.22. The molecule has 2 rings (SSSR count). The standard InChI is InChI=1S/C10H6BrClO2/c11-7-3-1-6(10(12)14)5-2-4-8(13)9(5)7/h1,3H,2,4H2. The highest BCUT2D eigenvalue weighted by Crippen LogP contribution is 2.32. The molecule has 0 spiro atoms. The van der Waals surface area contributed by atoms with Crippen molar-refractivity contribution in [2.24, 2.45) is 0 Å². The first-order valence-electron chi connectivity index (χ1n) is 4.15. The highest BCUT2D eigenvalue weighted by molar-refractivity contribution is 9.10. The first-order valence-corrected chi connectivity index (χ1v) is 5.32. The minimum absolute atomic E-state index is 0.0756. The van der Waals surface area contributed by atoms with Gasteiger partial charge in [0.1, 0.15) is 0 Å². The minimum atomic E-state index is -0.497. The molecule has 1 aliphatic carbocycles. The van der Waals surface area contributed by atoms with Crippen LogP contribution in [0.5, 0.6) is 0 Å². The van der Waals surface area contributed by atoms with Crippen LogP contribution in [0.15, 0.2) is 16.6 Å². The summed E-state index contributed by atoms with van der Waals surface area (Å²) < 4.78 is 0.747. The molecule has 1 aromatic rings. The zero-order valence-corrected chi connectivity index (χ0v) is 9.48. The first kappa shape index (κ1) is 9.87. The summed E-state index contributed by atoms with van der Waals surface area (Å²) in [7, 11) is 0. The van der Waals surface area contributed by atoms with E-state index in [1.807, 2.05) is 0 Å². The van der Waals surface area contributed by atoms with Crippen LogP contribution in [-0.4, -0.2) is 11.0 Å². The van der Waals surface area contributed by atoms with Crippen LogP contribution in [0, 0.1) is 0 Å². The van der Waals surface area contributed by atoms with Gasteiger partial charge < -0.3 is 0 Å². The molecular formula is C10H6BrClO2. The highest BCUT2D eigenvalue weighted by Gasteiger charge is 2.26. The molecule has 0 saturated carbocycles. The van der Waals surface area contributed by atoms with Gasteiger partial charge in [-0.2, -0.15) is 0 Å². The molecular weight excluding hydrogens is 267 g/mol. The summed E-state index contributed by atoms with van der Waals surface area (Å²) in [5.74, 6) is 0.0756. The van der Waals surface area contributed by atoms with E-state index in [1.54, 1.807) is 12.1 Å². The second-order valence-electron chi connectivity index (χ2n) is 3.15. The van der Waals surface area contributed by atoms with Gasteiger partial charge in [-0.05, 0) is 35.7 Å². The number of carbonyl (C=O) groups excluding carboxylic acids is 2. The summed E-state index contributed by atoms with van der Waals surface area (Å²) in [6, 6.07) is 3.34. The summed E-state index contributed by atoms with van der Waals surface area (Å²) in [5.41, 5.74) is 1.86. The number of hydrogen-bond donors (Lipinski definition) is 0. The van der Waals surface area contributed by atoms with Gasteiger partial charge in [-0.3, -0.25) is 9.59 Å². The van der Waals surface area contributed by atoms with Gasteiger partial charge >= 0.3 is 0 Å². The fourth-order valence-electron chi connectivity index (χ4n) is 1.73. The molecule has 0 bridgehead atoms. The van der Waals surface area contributed by atoms with E-state index in [1.165, 1.54) is 0 Å². The average Bonchev–Trinajstić information content (AvgIpc) is 2.49. The molecule has 72 valence electrons. The van der Waals surface area contributed by atoms with Gasteiger partial charge in [0.15, 0.2) is 5.78 Å². The van der Waals surface area contributed by atoms with Crippen LogP contribution < -0.4 is 0 Å². The molecule has 2 nitrogen and oxygen atoms in total. The molecule has 4 heteroatoms. The fourth-order valence-corrected chi connectivity index (χ4v) is 2.50. The Hall–Kier alpha value is -0.670. The number of fused-ring (bicyclic) bond motifs is 1. The largest absolute Gasteiger partial charge is 0.294 e. The lowest BCUT2D eigenvalue weighted by molar-refractivity contribution is 0.0993. The minimum Gasteiger partial charge on any atom is -0.294 e. The Morgan fingerprint density at radius 2 is 2.07 bits per heavy atom. The molecule has 0 heterocycles. The number of hydrogen-bond acceptors (Lipinski definition) is 2. The normalized spacial score (nSPS) is 14.3. The van der Waals surface area contributed by atoms with Crippen LogP contribution in [0.4, 0.5) is 0 Å². The van der Waals surface area contributed by atoms with E-state index in [4.69, 9.17) is 11.6 Å². The summed E-state index contributed by atoms with van der Waals surface area (Å²) in [6.45, 7) is 0. The molecule has 14 heavy (non-hydrogen) atoms. The van der Waals surface area contributed by atoms with Crippen LogP contribution in [-0.2, 0) is 6.42 Å². The van der Waals surface area contributed by atoms with Crippen molar-refractivity contribution < 1.29 is 9.59 Å². The summed E-state index contributed by atoms with van der Waals surface area (Å²) in [5, 5.41) is -0.497. The average molecular weight is 274 g/mol. The number of halogens is 2. The summed E-state index contributed by atoms with van der Waals surface area (Å²) in [4.78, 5) is 22.5. The van der Waals surface area contributed by atoms with Crippen LogP contribution in [0.1, 0.15) is 32.7 Å². The SMILES string of the molecule is O=C(Cl)c1ccc(Br)c2c1CCC2=O. The van der Waals surface area contributed by atoms with Crippen LogP contribution in [0.3, 0.4) is 0 Å². The predicted octanol–water partition coefficient (Wildman–Crippen LogP) is 2.96. The molecule has 0 fully saturated rings. The number of benzene rings is 1. The predicted molar refractivity (Wildman–Crippen MR) is 57.0 cm³/mol. The van der Waals surface area contributed by atoms with Crippen LogP contribution in [0.25, 0.3) is 0 Å². The smallest absolute Gasteiger partial charge is 0.252 e. The van der Waals surface area contributed by atoms with Gasteiger partial charge in [0.2, 0.25) is 0 Å². The summed E-state index contributed by atoms with van der Waals surface area (Å²) >= 11 is 8.72. The lowest BCUT2D eigenvalue weighted by Gasteiger charge is -2.04. The van der Waals surface area contributed by atoms with E-state index in [9.17, 15) is 9.59 Å². The number of carbonyl (C=O) groups is 2. The molecule has 0 saturated heterocycles. The van der Waals surface area contributed by atoms with Crippen molar-refractivity contribution in [1.82, 2.24) is 0 Å². The fraction of sp³-hybridized carbons (Fsp3) is 0.200. The van der Waals surface area contributed by atoms with E-state index in [2.05, 4.69) is 15.9 Å². The van der Waals surface area contributed by atoms with Crippen molar-refractivity contribution in [2.45, 2.75) is 12.8 Å². The van der Waals surface area contributed by atoms with Gasteiger partial charge in [-0.25, -0.2) is 0 Å². The van der Waals surface area contributed by atoms with Gasteiger partial charge in [0.25, 0.3) is 5.24 Å². The van der Waals surface area contributed by atoms with E-state index in [0.717, 1.165) is 10.0 Å². The molecule has 1 aromatic carbocycles. The van der Waals surface area contributed by atoms with Crippen molar-refractivity contribution in [3.63, 3.8) is 0 Å². The Morgan fingerprint density at radius 1 is 1.36 bits per heavy atom. The third kappa shape index (κ3) is 1.41. The van der Waals surface area contributed by atoms with Crippen molar-refractivity contribution >= 4 is 38.6 Å². The zero-order chi connectivity index (χ0) is 10.3. The lowest BCUT2D eigenvalue weighted by atomic mass is 10.0. The van der Waals surface area contributed by atoms with Gasteiger partial charge in [-0.15, -0.1) is 0 Å². The van der Waals surface area contributed by atoms with E-state index in [-0.39, 0.29) is 5.78 Å². The second-order valence-corrected chi connectivity index (χ2v) is 4.34. The lowest BCUT2D eigenvalue weighted by Crippen LogP contribution is -1.99. The molecule has 0 amide bonds. The van der Waals surface area contributed by atoms with Crippen molar-refractivity contribution in [3.8, 4) is 0 Å².